The van der Waals surface area contributed by atoms with E-state index in [1.54, 1.807) is 6.07 Å². The molecule has 0 unspecified atom stereocenters. The summed E-state index contributed by atoms with van der Waals surface area (Å²) in [5, 5.41) is 25.2. The SMILES string of the molecule is Nc1cc(-c2ccc(Oc3ccccc3)cc2)nn1-c1cc([N+](=O)[O-])ccc1CO. The summed E-state index contributed by atoms with van der Waals surface area (Å²) < 4.78 is 7.18. The average molecular weight is 402 g/mol. The van der Waals surface area contributed by atoms with E-state index in [-0.39, 0.29) is 12.3 Å². The van der Waals surface area contributed by atoms with Crippen molar-refractivity contribution in [1.82, 2.24) is 9.78 Å². The summed E-state index contributed by atoms with van der Waals surface area (Å²) >= 11 is 0. The van der Waals surface area contributed by atoms with Crippen LogP contribution in [0.3, 0.4) is 0 Å². The second-order valence-corrected chi connectivity index (χ2v) is 6.53. The molecule has 1 heterocycles. The zero-order chi connectivity index (χ0) is 21.1. The third-order valence-electron chi connectivity index (χ3n) is 4.54. The molecule has 0 fully saturated rings. The van der Waals surface area contributed by atoms with E-state index in [0.717, 1.165) is 11.3 Å². The molecule has 30 heavy (non-hydrogen) atoms. The standard InChI is InChI=1S/C22H18N4O4/c23-22-13-20(15-7-10-19(11-8-15)30-18-4-2-1-3-5-18)24-25(22)21-12-17(26(28)29)9-6-16(21)14-27/h1-13,27H,14,23H2. The number of benzene rings is 3. The van der Waals surface area contributed by atoms with Crippen molar-refractivity contribution in [3.05, 3.63) is 94.5 Å². The van der Waals surface area contributed by atoms with Gasteiger partial charge in [-0.2, -0.15) is 5.10 Å². The van der Waals surface area contributed by atoms with Gasteiger partial charge in [0.15, 0.2) is 0 Å². The van der Waals surface area contributed by atoms with E-state index in [1.165, 1.54) is 22.9 Å². The zero-order valence-corrected chi connectivity index (χ0v) is 15.8. The molecule has 4 rings (SSSR count). The molecular formula is C22H18N4O4. The van der Waals surface area contributed by atoms with Crippen LogP contribution in [0.15, 0.2) is 78.9 Å². The van der Waals surface area contributed by atoms with Crippen LogP contribution in [0.1, 0.15) is 5.56 Å². The van der Waals surface area contributed by atoms with Crippen molar-refractivity contribution in [3.8, 4) is 28.4 Å². The Morgan fingerprint density at radius 1 is 1.00 bits per heavy atom. The normalized spacial score (nSPS) is 10.7. The molecule has 0 aliphatic heterocycles. The number of nitrogen functional groups attached to an aromatic ring is 1. The van der Waals surface area contributed by atoms with Crippen molar-refractivity contribution in [2.24, 2.45) is 0 Å². The molecule has 1 aromatic heterocycles. The molecule has 0 aliphatic carbocycles. The Morgan fingerprint density at radius 2 is 1.70 bits per heavy atom. The van der Waals surface area contributed by atoms with Crippen LogP contribution in [0, 0.1) is 10.1 Å². The minimum Gasteiger partial charge on any atom is -0.457 e. The van der Waals surface area contributed by atoms with Gasteiger partial charge in [0.25, 0.3) is 5.69 Å². The van der Waals surface area contributed by atoms with Crippen molar-refractivity contribution >= 4 is 11.5 Å². The molecule has 150 valence electrons. The van der Waals surface area contributed by atoms with Gasteiger partial charge in [-0.15, -0.1) is 0 Å². The van der Waals surface area contributed by atoms with Gasteiger partial charge in [-0.1, -0.05) is 18.2 Å². The van der Waals surface area contributed by atoms with Gasteiger partial charge in [-0.3, -0.25) is 10.1 Å². The second-order valence-electron chi connectivity index (χ2n) is 6.53. The number of hydrogen-bond acceptors (Lipinski definition) is 6. The highest BCUT2D eigenvalue weighted by Gasteiger charge is 2.16. The van der Waals surface area contributed by atoms with Crippen molar-refractivity contribution in [1.29, 1.82) is 0 Å². The lowest BCUT2D eigenvalue weighted by Gasteiger charge is -2.09. The van der Waals surface area contributed by atoms with E-state index in [9.17, 15) is 15.2 Å². The van der Waals surface area contributed by atoms with Crippen LogP contribution >= 0.6 is 0 Å². The topological polar surface area (TPSA) is 116 Å². The van der Waals surface area contributed by atoms with Gasteiger partial charge >= 0.3 is 0 Å². The number of aliphatic hydroxyl groups is 1. The smallest absolute Gasteiger partial charge is 0.271 e. The highest BCUT2D eigenvalue weighted by Crippen LogP contribution is 2.29. The van der Waals surface area contributed by atoms with Crippen LogP contribution in [-0.4, -0.2) is 19.8 Å². The fraction of sp³-hybridized carbons (Fsp3) is 0.0455. The summed E-state index contributed by atoms with van der Waals surface area (Å²) in [5.74, 6) is 1.71. The Morgan fingerprint density at radius 3 is 2.37 bits per heavy atom. The highest BCUT2D eigenvalue weighted by atomic mass is 16.6. The van der Waals surface area contributed by atoms with E-state index in [1.807, 2.05) is 54.6 Å². The first-order valence-electron chi connectivity index (χ1n) is 9.12. The van der Waals surface area contributed by atoms with E-state index in [0.29, 0.717) is 28.5 Å². The second kappa shape index (κ2) is 8.06. The summed E-state index contributed by atoms with van der Waals surface area (Å²) in [5.41, 5.74) is 8.24. The minimum absolute atomic E-state index is 0.110. The summed E-state index contributed by atoms with van der Waals surface area (Å²) in [4.78, 5) is 10.6. The maximum absolute atomic E-state index is 11.1. The Kier molecular flexibility index (Phi) is 5.15. The van der Waals surface area contributed by atoms with Gasteiger partial charge in [0.05, 0.1) is 22.9 Å². The van der Waals surface area contributed by atoms with Crippen LogP contribution in [0.25, 0.3) is 16.9 Å². The summed E-state index contributed by atoms with van der Waals surface area (Å²) in [7, 11) is 0. The molecule has 8 nitrogen and oxygen atoms in total. The summed E-state index contributed by atoms with van der Waals surface area (Å²) in [6.45, 7) is -0.298. The Bertz CT molecular complexity index is 1190. The van der Waals surface area contributed by atoms with E-state index >= 15 is 0 Å². The van der Waals surface area contributed by atoms with E-state index in [2.05, 4.69) is 5.10 Å². The molecule has 0 spiro atoms. The predicted octanol–water partition coefficient (Wildman–Crippen LogP) is 4.31. The van der Waals surface area contributed by atoms with Crippen molar-refractivity contribution in [2.45, 2.75) is 6.61 Å². The highest BCUT2D eigenvalue weighted by molar-refractivity contribution is 5.65. The Balaban J connectivity index is 1.65. The number of non-ortho nitro benzene ring substituents is 1. The molecule has 4 aromatic rings. The van der Waals surface area contributed by atoms with Gasteiger partial charge in [0.2, 0.25) is 0 Å². The van der Waals surface area contributed by atoms with Crippen molar-refractivity contribution < 1.29 is 14.8 Å². The first kappa shape index (κ1) is 19.2. The van der Waals surface area contributed by atoms with Gasteiger partial charge in [0.1, 0.15) is 17.3 Å². The quantitative estimate of drug-likeness (QED) is 0.367. The number of rotatable bonds is 6. The first-order valence-corrected chi connectivity index (χ1v) is 9.12. The number of nitro benzene ring substituents is 1. The van der Waals surface area contributed by atoms with Crippen LogP contribution in [0.2, 0.25) is 0 Å². The lowest BCUT2D eigenvalue weighted by molar-refractivity contribution is -0.384. The summed E-state index contributed by atoms with van der Waals surface area (Å²) in [6, 6.07) is 22.6. The number of nitrogens with two attached hydrogens (primary N) is 1. The minimum atomic E-state index is -0.503. The largest absolute Gasteiger partial charge is 0.457 e. The third kappa shape index (κ3) is 3.85. The van der Waals surface area contributed by atoms with Gasteiger partial charge in [-0.05, 0) is 42.5 Å². The summed E-state index contributed by atoms with van der Waals surface area (Å²) in [6.07, 6.45) is 0. The lowest BCUT2D eigenvalue weighted by Crippen LogP contribution is -2.06. The molecule has 0 saturated carbocycles. The van der Waals surface area contributed by atoms with Crippen molar-refractivity contribution in [2.75, 3.05) is 5.73 Å². The number of aliphatic hydroxyl groups excluding tert-OH is 1. The fourth-order valence-electron chi connectivity index (χ4n) is 3.04. The number of anilines is 1. The Hall–Kier alpha value is -4.17. The maximum Gasteiger partial charge on any atom is 0.271 e. The maximum atomic E-state index is 11.1. The molecule has 3 N–H and O–H groups in total. The van der Waals surface area contributed by atoms with Gasteiger partial charge in [-0.25, -0.2) is 4.68 Å². The molecule has 0 radical (unpaired) electrons. The molecule has 8 heteroatoms. The first-order chi connectivity index (χ1) is 14.5. The monoisotopic (exact) mass is 402 g/mol. The number of aromatic nitrogens is 2. The fourth-order valence-corrected chi connectivity index (χ4v) is 3.04. The molecular weight excluding hydrogens is 384 g/mol. The molecule has 0 bridgehead atoms. The van der Waals surface area contributed by atoms with Gasteiger partial charge < -0.3 is 15.6 Å². The number of ether oxygens (including phenoxy) is 1. The number of hydrogen-bond donors (Lipinski definition) is 2. The predicted molar refractivity (Wildman–Crippen MR) is 113 cm³/mol. The van der Waals surface area contributed by atoms with Gasteiger partial charge in [0, 0.05) is 29.3 Å². The van der Waals surface area contributed by atoms with Crippen LogP contribution < -0.4 is 10.5 Å². The molecule has 0 amide bonds. The lowest BCUT2D eigenvalue weighted by atomic mass is 10.1. The number of nitro groups is 1. The molecule has 3 aromatic carbocycles. The van der Waals surface area contributed by atoms with Crippen LogP contribution in [0.5, 0.6) is 11.5 Å². The molecule has 0 aliphatic rings. The van der Waals surface area contributed by atoms with E-state index < -0.39 is 4.92 Å². The van der Waals surface area contributed by atoms with Crippen LogP contribution in [0.4, 0.5) is 11.5 Å². The molecule has 0 saturated heterocycles. The molecule has 0 atom stereocenters. The number of para-hydroxylation sites is 1. The van der Waals surface area contributed by atoms with Crippen LogP contribution in [-0.2, 0) is 6.61 Å². The zero-order valence-electron chi connectivity index (χ0n) is 15.8. The average Bonchev–Trinajstić information content (AvgIpc) is 3.16. The Labute approximate surface area is 171 Å². The van der Waals surface area contributed by atoms with Crippen molar-refractivity contribution in [3.63, 3.8) is 0 Å². The number of nitrogens with zero attached hydrogens (tertiary/aromatic N) is 3. The third-order valence-corrected chi connectivity index (χ3v) is 4.54. The van der Waals surface area contributed by atoms with E-state index in [4.69, 9.17) is 10.5 Å².